The zero-order valence-corrected chi connectivity index (χ0v) is 13.0. The van der Waals surface area contributed by atoms with Gasteiger partial charge < -0.3 is 0 Å². The molecule has 3 aromatic rings. The molecule has 0 saturated carbocycles. The van der Waals surface area contributed by atoms with Crippen LogP contribution >= 0.6 is 0 Å². The lowest BCUT2D eigenvalue weighted by atomic mass is 9.69. The second kappa shape index (κ2) is 4.81. The van der Waals surface area contributed by atoms with Crippen molar-refractivity contribution in [1.82, 2.24) is 4.98 Å². The van der Waals surface area contributed by atoms with Gasteiger partial charge in [-0.1, -0.05) is 68.5 Å². The Hall–Kier alpha value is -2.41. The van der Waals surface area contributed by atoms with Crippen LogP contribution in [0.2, 0.25) is 0 Å². The van der Waals surface area contributed by atoms with E-state index >= 15 is 0 Å². The minimum Gasteiger partial charge on any atom is -0.248 e. The van der Waals surface area contributed by atoms with Gasteiger partial charge in [-0.15, -0.1) is 0 Å². The molecule has 1 aromatic heterocycles. The first-order valence-electron chi connectivity index (χ1n) is 7.83. The van der Waals surface area contributed by atoms with E-state index < -0.39 is 0 Å². The van der Waals surface area contributed by atoms with E-state index in [1.807, 2.05) is 6.07 Å². The van der Waals surface area contributed by atoms with Crippen molar-refractivity contribution in [2.45, 2.75) is 19.3 Å². The third-order valence-electron chi connectivity index (χ3n) is 5.04. The minimum absolute atomic E-state index is 0.0123. The van der Waals surface area contributed by atoms with Crippen molar-refractivity contribution < 1.29 is 0 Å². The fraction of sp³-hybridized carbons (Fsp3) is 0.190. The molecule has 1 aliphatic rings. The number of nitrogens with zero attached hydrogens (tertiary/aromatic N) is 1. The summed E-state index contributed by atoms with van der Waals surface area (Å²) in [6.45, 7) is 4.61. The number of benzene rings is 2. The summed E-state index contributed by atoms with van der Waals surface area (Å²) in [4.78, 5) is 4.85. The Labute approximate surface area is 131 Å². The quantitative estimate of drug-likeness (QED) is 0.545. The summed E-state index contributed by atoms with van der Waals surface area (Å²) in [6.07, 6.45) is 8.91. The number of pyridine rings is 1. The van der Waals surface area contributed by atoms with Gasteiger partial charge in [0.1, 0.15) is 0 Å². The van der Waals surface area contributed by atoms with Crippen molar-refractivity contribution >= 4 is 21.8 Å². The van der Waals surface area contributed by atoms with Crippen LogP contribution in [0.3, 0.4) is 0 Å². The molecular formula is C21H19N. The summed E-state index contributed by atoms with van der Waals surface area (Å²) < 4.78 is 0. The van der Waals surface area contributed by atoms with Gasteiger partial charge in [-0.25, -0.2) is 4.98 Å². The predicted molar refractivity (Wildman–Crippen MR) is 94.0 cm³/mol. The smallest absolute Gasteiger partial charge is 0.0712 e. The van der Waals surface area contributed by atoms with E-state index in [0.717, 1.165) is 11.0 Å². The molecule has 1 nitrogen and oxygen atoms in total. The third kappa shape index (κ3) is 1.89. The van der Waals surface area contributed by atoms with E-state index in [0.29, 0.717) is 5.92 Å². The maximum atomic E-state index is 4.85. The molecule has 0 spiro atoms. The predicted octanol–water partition coefficient (Wildman–Crippen LogP) is 5.41. The zero-order valence-electron chi connectivity index (χ0n) is 13.0. The van der Waals surface area contributed by atoms with Gasteiger partial charge in [0.2, 0.25) is 0 Å². The number of allylic oxidation sites excluding steroid dienone is 4. The molecule has 22 heavy (non-hydrogen) atoms. The summed E-state index contributed by atoms with van der Waals surface area (Å²) in [5.41, 5.74) is 3.51. The van der Waals surface area contributed by atoms with Crippen molar-refractivity contribution in [3.63, 3.8) is 0 Å². The average molecular weight is 285 g/mol. The molecule has 0 aliphatic heterocycles. The molecule has 2 aromatic carbocycles. The maximum absolute atomic E-state index is 4.85. The SMILES string of the molecule is CC1C=CC=CC1(C)c1cccc2nc3ccccc3cc12. The van der Waals surface area contributed by atoms with Crippen LogP contribution in [-0.4, -0.2) is 4.98 Å². The Morgan fingerprint density at radius 1 is 0.955 bits per heavy atom. The Morgan fingerprint density at radius 2 is 1.77 bits per heavy atom. The molecule has 2 unspecified atom stereocenters. The molecule has 0 saturated heterocycles. The standard InChI is InChI=1S/C21H19N/c1-15-8-5-6-13-21(15,2)18-10-7-12-20-17(18)14-16-9-3-4-11-19(16)22-20/h3-15H,1-2H3. The normalized spacial score (nSPS) is 24.2. The highest BCUT2D eigenvalue weighted by Gasteiger charge is 2.31. The lowest BCUT2D eigenvalue weighted by Gasteiger charge is -2.34. The molecule has 0 bridgehead atoms. The first-order valence-corrected chi connectivity index (χ1v) is 7.83. The summed E-state index contributed by atoms with van der Waals surface area (Å²) in [6, 6.07) is 17.1. The minimum atomic E-state index is 0.0123. The van der Waals surface area contributed by atoms with E-state index in [1.54, 1.807) is 0 Å². The zero-order chi connectivity index (χ0) is 15.2. The number of rotatable bonds is 1. The summed E-state index contributed by atoms with van der Waals surface area (Å²) in [7, 11) is 0. The van der Waals surface area contributed by atoms with Crippen LogP contribution in [-0.2, 0) is 5.41 Å². The van der Waals surface area contributed by atoms with Gasteiger partial charge >= 0.3 is 0 Å². The van der Waals surface area contributed by atoms with Crippen LogP contribution in [0.4, 0.5) is 0 Å². The Balaban J connectivity index is 2.04. The molecule has 108 valence electrons. The molecule has 1 aliphatic carbocycles. The van der Waals surface area contributed by atoms with Gasteiger partial charge in [-0.2, -0.15) is 0 Å². The third-order valence-corrected chi connectivity index (χ3v) is 5.04. The number of hydrogen-bond acceptors (Lipinski definition) is 1. The van der Waals surface area contributed by atoms with Crippen molar-refractivity contribution in [3.8, 4) is 0 Å². The average Bonchev–Trinajstić information content (AvgIpc) is 2.55. The highest BCUT2D eigenvalue weighted by Crippen LogP contribution is 2.40. The molecule has 0 radical (unpaired) electrons. The second-order valence-electron chi connectivity index (χ2n) is 6.37. The molecule has 1 heterocycles. The number of hydrogen-bond donors (Lipinski definition) is 0. The van der Waals surface area contributed by atoms with Crippen molar-refractivity contribution in [2.24, 2.45) is 5.92 Å². The number of aromatic nitrogens is 1. The van der Waals surface area contributed by atoms with E-state index in [1.165, 1.54) is 16.3 Å². The van der Waals surface area contributed by atoms with E-state index in [9.17, 15) is 0 Å². The van der Waals surface area contributed by atoms with Gasteiger partial charge in [-0.3, -0.25) is 0 Å². The highest BCUT2D eigenvalue weighted by atomic mass is 14.7. The van der Waals surface area contributed by atoms with Crippen LogP contribution in [0.1, 0.15) is 19.4 Å². The van der Waals surface area contributed by atoms with E-state index in [-0.39, 0.29) is 5.41 Å². The summed E-state index contributed by atoms with van der Waals surface area (Å²) >= 11 is 0. The van der Waals surface area contributed by atoms with Gasteiger partial charge in [0.15, 0.2) is 0 Å². The maximum Gasteiger partial charge on any atom is 0.0712 e. The summed E-state index contributed by atoms with van der Waals surface area (Å²) in [5, 5.41) is 2.46. The van der Waals surface area contributed by atoms with Crippen molar-refractivity contribution in [2.75, 3.05) is 0 Å². The first-order chi connectivity index (χ1) is 10.7. The van der Waals surface area contributed by atoms with Crippen LogP contribution in [0, 0.1) is 5.92 Å². The van der Waals surface area contributed by atoms with Gasteiger partial charge in [-0.05, 0) is 29.7 Å². The Bertz CT molecular complexity index is 919. The lowest BCUT2D eigenvalue weighted by Crippen LogP contribution is -2.28. The topological polar surface area (TPSA) is 12.9 Å². The fourth-order valence-electron chi connectivity index (χ4n) is 3.44. The number of para-hydroxylation sites is 1. The largest absolute Gasteiger partial charge is 0.248 e. The number of fused-ring (bicyclic) bond motifs is 2. The van der Waals surface area contributed by atoms with Gasteiger partial charge in [0, 0.05) is 16.2 Å². The molecule has 0 amide bonds. The monoisotopic (exact) mass is 285 g/mol. The Kier molecular flexibility index (Phi) is 2.90. The molecule has 4 rings (SSSR count). The second-order valence-corrected chi connectivity index (χ2v) is 6.37. The molecule has 0 fully saturated rings. The molecular weight excluding hydrogens is 266 g/mol. The molecule has 0 N–H and O–H groups in total. The first kappa shape index (κ1) is 13.3. The molecule has 2 atom stereocenters. The Morgan fingerprint density at radius 3 is 2.64 bits per heavy atom. The fourth-order valence-corrected chi connectivity index (χ4v) is 3.44. The summed E-state index contributed by atoms with van der Waals surface area (Å²) in [5.74, 6) is 0.467. The lowest BCUT2D eigenvalue weighted by molar-refractivity contribution is 0.461. The van der Waals surface area contributed by atoms with E-state index in [2.05, 4.69) is 80.6 Å². The van der Waals surface area contributed by atoms with Crippen LogP contribution in [0.5, 0.6) is 0 Å². The molecule has 1 heteroatoms. The van der Waals surface area contributed by atoms with Crippen molar-refractivity contribution in [1.29, 1.82) is 0 Å². The van der Waals surface area contributed by atoms with Crippen molar-refractivity contribution in [3.05, 3.63) is 78.4 Å². The highest BCUT2D eigenvalue weighted by molar-refractivity contribution is 5.95. The van der Waals surface area contributed by atoms with Gasteiger partial charge in [0.25, 0.3) is 0 Å². The van der Waals surface area contributed by atoms with Crippen LogP contribution in [0.25, 0.3) is 21.8 Å². The van der Waals surface area contributed by atoms with Crippen LogP contribution in [0.15, 0.2) is 72.8 Å². The van der Waals surface area contributed by atoms with E-state index in [4.69, 9.17) is 4.98 Å². The van der Waals surface area contributed by atoms with Crippen LogP contribution < -0.4 is 0 Å². The van der Waals surface area contributed by atoms with Gasteiger partial charge in [0.05, 0.1) is 11.0 Å².